The zero-order valence-electron chi connectivity index (χ0n) is 7.85. The van der Waals surface area contributed by atoms with Crippen molar-refractivity contribution in [1.82, 2.24) is 0 Å². The summed E-state index contributed by atoms with van der Waals surface area (Å²) in [5.41, 5.74) is -1.11. The molecule has 1 fully saturated rings. The molecule has 2 N–H and O–H groups in total. The van der Waals surface area contributed by atoms with E-state index in [1.54, 1.807) is 0 Å². The van der Waals surface area contributed by atoms with E-state index in [1.165, 1.54) is 21.0 Å². The molecule has 1 aliphatic rings. The van der Waals surface area contributed by atoms with Crippen LogP contribution in [0.1, 0.15) is 13.8 Å². The number of ether oxygens (including phenoxy) is 2. The number of ketones is 1. The smallest absolute Gasteiger partial charge is 0.195 e. The van der Waals surface area contributed by atoms with Crippen molar-refractivity contribution in [2.24, 2.45) is 0 Å². The van der Waals surface area contributed by atoms with Gasteiger partial charge in [0.25, 0.3) is 0 Å². The summed E-state index contributed by atoms with van der Waals surface area (Å²) < 4.78 is 9.91. The van der Waals surface area contributed by atoms with Gasteiger partial charge >= 0.3 is 0 Å². The van der Waals surface area contributed by atoms with E-state index in [-0.39, 0.29) is 0 Å². The second kappa shape index (κ2) is 3.34. The van der Waals surface area contributed by atoms with E-state index in [4.69, 9.17) is 9.47 Å². The van der Waals surface area contributed by atoms with E-state index in [0.29, 0.717) is 0 Å². The van der Waals surface area contributed by atoms with E-state index < -0.39 is 29.9 Å². The van der Waals surface area contributed by atoms with Crippen LogP contribution in [0.25, 0.3) is 0 Å². The lowest BCUT2D eigenvalue weighted by Crippen LogP contribution is -2.59. The third kappa shape index (κ3) is 1.73. The minimum Gasteiger partial charge on any atom is -0.385 e. The molecule has 0 amide bonds. The van der Waals surface area contributed by atoms with Crippen LogP contribution >= 0.6 is 0 Å². The van der Waals surface area contributed by atoms with Crippen molar-refractivity contribution in [3.63, 3.8) is 0 Å². The first-order valence-corrected chi connectivity index (χ1v) is 4.01. The SMILES string of the molecule is COC1OC(C)(C)C(=O)C(O)C1O. The Morgan fingerprint density at radius 3 is 2.46 bits per heavy atom. The Labute approximate surface area is 76.3 Å². The molecule has 0 bridgehead atoms. The second-order valence-electron chi connectivity index (χ2n) is 3.53. The topological polar surface area (TPSA) is 76.0 Å². The fourth-order valence-corrected chi connectivity index (χ4v) is 1.27. The molecular formula is C8H14O5. The predicted octanol–water partition coefficient (Wildman–Crippen LogP) is -0.941. The molecule has 3 atom stereocenters. The molecule has 76 valence electrons. The fraction of sp³-hybridized carbons (Fsp3) is 0.875. The van der Waals surface area contributed by atoms with Crippen molar-refractivity contribution in [1.29, 1.82) is 0 Å². The number of aliphatic hydroxyl groups excluding tert-OH is 2. The van der Waals surface area contributed by atoms with Crippen molar-refractivity contribution in [2.75, 3.05) is 7.11 Å². The summed E-state index contributed by atoms with van der Waals surface area (Å²) >= 11 is 0. The van der Waals surface area contributed by atoms with Gasteiger partial charge < -0.3 is 19.7 Å². The zero-order chi connectivity index (χ0) is 10.2. The number of carbonyl (C=O) groups is 1. The maximum atomic E-state index is 11.3. The minimum atomic E-state index is -1.44. The van der Waals surface area contributed by atoms with Crippen LogP contribution < -0.4 is 0 Å². The molecule has 1 heterocycles. The summed E-state index contributed by atoms with van der Waals surface area (Å²) in [6.07, 6.45) is -3.71. The largest absolute Gasteiger partial charge is 0.385 e. The van der Waals surface area contributed by atoms with Crippen LogP contribution in [0.4, 0.5) is 0 Å². The average Bonchev–Trinajstić information content (AvgIpc) is 2.08. The van der Waals surface area contributed by atoms with Gasteiger partial charge in [0.15, 0.2) is 12.1 Å². The molecule has 5 nitrogen and oxygen atoms in total. The Balaban J connectivity index is 2.85. The van der Waals surface area contributed by atoms with E-state index in [1.807, 2.05) is 0 Å². The summed E-state index contributed by atoms with van der Waals surface area (Å²) in [7, 11) is 1.34. The highest BCUT2D eigenvalue weighted by molar-refractivity contribution is 5.91. The van der Waals surface area contributed by atoms with Gasteiger partial charge in [0.05, 0.1) is 0 Å². The van der Waals surface area contributed by atoms with Gasteiger partial charge in [-0.25, -0.2) is 0 Å². The Morgan fingerprint density at radius 2 is 2.00 bits per heavy atom. The normalized spacial score (nSPS) is 39.2. The lowest BCUT2D eigenvalue weighted by molar-refractivity contribution is -0.265. The summed E-state index contributed by atoms with van der Waals surface area (Å²) in [6, 6.07) is 0. The first-order valence-electron chi connectivity index (χ1n) is 4.01. The lowest BCUT2D eigenvalue weighted by Gasteiger charge is -2.39. The van der Waals surface area contributed by atoms with E-state index in [2.05, 4.69) is 0 Å². The van der Waals surface area contributed by atoms with Gasteiger partial charge in [-0.05, 0) is 13.8 Å². The first kappa shape index (κ1) is 10.6. The molecular weight excluding hydrogens is 176 g/mol. The first-order chi connectivity index (χ1) is 5.90. The quantitative estimate of drug-likeness (QED) is 0.558. The van der Waals surface area contributed by atoms with Crippen molar-refractivity contribution in [3.05, 3.63) is 0 Å². The van der Waals surface area contributed by atoms with Gasteiger partial charge in [0, 0.05) is 7.11 Å². The molecule has 0 aliphatic carbocycles. The Kier molecular flexibility index (Phi) is 2.72. The van der Waals surface area contributed by atoms with Crippen LogP contribution in [0.2, 0.25) is 0 Å². The van der Waals surface area contributed by atoms with Crippen molar-refractivity contribution < 1.29 is 24.5 Å². The average molecular weight is 190 g/mol. The number of hydrogen-bond acceptors (Lipinski definition) is 5. The number of methoxy groups -OCH3 is 1. The highest BCUT2D eigenvalue weighted by atomic mass is 16.7. The van der Waals surface area contributed by atoms with E-state index >= 15 is 0 Å². The van der Waals surface area contributed by atoms with Crippen molar-refractivity contribution >= 4 is 5.78 Å². The standard InChI is InChI=1S/C8H14O5/c1-8(2)6(11)4(9)5(10)7(12-3)13-8/h4-5,7,9-10H,1-3H3. The third-order valence-corrected chi connectivity index (χ3v) is 2.11. The highest BCUT2D eigenvalue weighted by Gasteiger charge is 2.48. The van der Waals surface area contributed by atoms with Gasteiger partial charge in [0.1, 0.15) is 17.8 Å². The predicted molar refractivity (Wildman–Crippen MR) is 43.0 cm³/mol. The fourth-order valence-electron chi connectivity index (χ4n) is 1.27. The van der Waals surface area contributed by atoms with Gasteiger partial charge in [0.2, 0.25) is 0 Å². The van der Waals surface area contributed by atoms with Crippen molar-refractivity contribution in [2.45, 2.75) is 37.9 Å². The number of Topliss-reactive ketones (excluding diaryl/α,β-unsaturated/α-hetero) is 1. The minimum absolute atomic E-state index is 0.534. The van der Waals surface area contributed by atoms with Crippen LogP contribution in [0.15, 0.2) is 0 Å². The van der Waals surface area contributed by atoms with Gasteiger partial charge in [-0.15, -0.1) is 0 Å². The van der Waals surface area contributed by atoms with Crippen LogP contribution in [0.5, 0.6) is 0 Å². The maximum absolute atomic E-state index is 11.3. The number of carbonyl (C=O) groups excluding carboxylic acids is 1. The molecule has 3 unspecified atom stereocenters. The molecule has 1 rings (SSSR count). The second-order valence-corrected chi connectivity index (χ2v) is 3.53. The molecule has 0 aromatic carbocycles. The Morgan fingerprint density at radius 1 is 1.46 bits per heavy atom. The molecule has 0 aromatic heterocycles. The van der Waals surface area contributed by atoms with Gasteiger partial charge in [-0.1, -0.05) is 0 Å². The molecule has 13 heavy (non-hydrogen) atoms. The zero-order valence-corrected chi connectivity index (χ0v) is 7.85. The Bertz CT molecular complexity index is 213. The summed E-state index contributed by atoms with van der Waals surface area (Å²) in [5.74, 6) is -0.534. The molecule has 0 saturated carbocycles. The van der Waals surface area contributed by atoms with E-state index in [0.717, 1.165) is 0 Å². The molecule has 1 aliphatic heterocycles. The summed E-state index contributed by atoms with van der Waals surface area (Å²) in [4.78, 5) is 11.3. The van der Waals surface area contributed by atoms with Crippen LogP contribution in [0.3, 0.4) is 0 Å². The molecule has 0 radical (unpaired) electrons. The molecule has 0 aromatic rings. The summed E-state index contributed by atoms with van der Waals surface area (Å²) in [6.45, 7) is 3.05. The van der Waals surface area contributed by atoms with E-state index in [9.17, 15) is 15.0 Å². The number of rotatable bonds is 1. The van der Waals surface area contributed by atoms with Crippen LogP contribution in [0, 0.1) is 0 Å². The van der Waals surface area contributed by atoms with Crippen molar-refractivity contribution in [3.8, 4) is 0 Å². The number of aliphatic hydroxyl groups is 2. The monoisotopic (exact) mass is 190 g/mol. The van der Waals surface area contributed by atoms with Crippen LogP contribution in [-0.4, -0.2) is 47.2 Å². The third-order valence-electron chi connectivity index (χ3n) is 2.11. The molecule has 5 heteroatoms. The lowest BCUT2D eigenvalue weighted by atomic mass is 9.92. The Hall–Kier alpha value is -0.490. The number of hydrogen-bond donors (Lipinski definition) is 2. The summed E-state index contributed by atoms with van der Waals surface area (Å²) in [5, 5.41) is 18.6. The molecule has 0 spiro atoms. The van der Waals surface area contributed by atoms with Gasteiger partial charge in [-0.2, -0.15) is 0 Å². The van der Waals surface area contributed by atoms with Gasteiger partial charge in [-0.3, -0.25) is 4.79 Å². The molecule has 1 saturated heterocycles. The van der Waals surface area contributed by atoms with Crippen LogP contribution in [-0.2, 0) is 14.3 Å². The maximum Gasteiger partial charge on any atom is 0.195 e. The highest BCUT2D eigenvalue weighted by Crippen LogP contribution is 2.25.